The normalized spacial score (nSPS) is 10.5. The van der Waals surface area contributed by atoms with Gasteiger partial charge in [-0.05, 0) is 28.9 Å². The molecule has 5 heteroatoms. The molecule has 0 amide bonds. The summed E-state index contributed by atoms with van der Waals surface area (Å²) in [6.45, 7) is 2.04. The number of fused-ring (bicyclic) bond motifs is 1. The summed E-state index contributed by atoms with van der Waals surface area (Å²) in [4.78, 5) is 16.0. The summed E-state index contributed by atoms with van der Waals surface area (Å²) in [6, 6.07) is 7.36. The number of para-hydroxylation sites is 1. The fourth-order valence-electron chi connectivity index (χ4n) is 1.52. The predicted molar refractivity (Wildman–Crippen MR) is 70.4 cm³/mol. The molecular weight excluding hydrogens is 305 g/mol. The third-order valence-corrected chi connectivity index (χ3v) is 3.23. The number of rotatable bonds is 2. The minimum atomic E-state index is -0.470. The van der Waals surface area contributed by atoms with Gasteiger partial charge in [0.2, 0.25) is 0 Å². The molecule has 0 saturated heterocycles. The highest BCUT2D eigenvalue weighted by molar-refractivity contribution is 9.10. The van der Waals surface area contributed by atoms with Crippen LogP contribution in [0.2, 0.25) is 5.02 Å². The summed E-state index contributed by atoms with van der Waals surface area (Å²) in [7, 11) is 0. The molecule has 1 heterocycles. The van der Waals surface area contributed by atoms with Gasteiger partial charge in [-0.1, -0.05) is 29.8 Å². The van der Waals surface area contributed by atoms with Gasteiger partial charge in [0.15, 0.2) is 0 Å². The van der Waals surface area contributed by atoms with Crippen LogP contribution in [0.25, 0.3) is 10.9 Å². The third-order valence-electron chi connectivity index (χ3n) is 2.26. The molecule has 0 fully saturated rings. The molecule has 2 aromatic rings. The smallest absolute Gasteiger partial charge is 0.342 e. The van der Waals surface area contributed by atoms with Crippen LogP contribution >= 0.6 is 27.5 Å². The van der Waals surface area contributed by atoms with E-state index in [1.165, 1.54) is 0 Å². The van der Waals surface area contributed by atoms with E-state index in [0.29, 0.717) is 16.2 Å². The number of carbonyl (C=O) groups is 1. The monoisotopic (exact) mass is 313 g/mol. The summed E-state index contributed by atoms with van der Waals surface area (Å²) < 4.78 is 5.35. The quantitative estimate of drug-likeness (QED) is 0.625. The van der Waals surface area contributed by atoms with E-state index < -0.39 is 5.97 Å². The second-order valence-corrected chi connectivity index (χ2v) is 4.46. The van der Waals surface area contributed by atoms with E-state index in [4.69, 9.17) is 16.3 Å². The lowest BCUT2D eigenvalue weighted by molar-refractivity contribution is 0.0525. The average molecular weight is 315 g/mol. The van der Waals surface area contributed by atoms with Gasteiger partial charge >= 0.3 is 5.97 Å². The predicted octanol–water partition coefficient (Wildman–Crippen LogP) is 3.83. The zero-order valence-electron chi connectivity index (χ0n) is 9.04. The molecule has 17 heavy (non-hydrogen) atoms. The molecular formula is C12H9BrClNO2. The van der Waals surface area contributed by atoms with Crippen molar-refractivity contribution in [1.29, 1.82) is 0 Å². The number of aromatic nitrogens is 1. The Morgan fingerprint density at radius 2 is 2.18 bits per heavy atom. The fourth-order valence-corrected chi connectivity index (χ4v) is 2.51. The molecule has 2 rings (SSSR count). The first-order valence-corrected chi connectivity index (χ1v) is 6.23. The Labute approximate surface area is 112 Å². The van der Waals surface area contributed by atoms with Gasteiger partial charge in [0.25, 0.3) is 0 Å². The van der Waals surface area contributed by atoms with Crippen LogP contribution in [0, 0.1) is 0 Å². The van der Waals surface area contributed by atoms with Crippen molar-refractivity contribution >= 4 is 44.4 Å². The lowest BCUT2D eigenvalue weighted by Crippen LogP contribution is -2.07. The van der Waals surface area contributed by atoms with Gasteiger partial charge in [-0.2, -0.15) is 0 Å². The number of hydrogen-bond acceptors (Lipinski definition) is 3. The van der Waals surface area contributed by atoms with E-state index >= 15 is 0 Å². The number of pyridine rings is 1. The second kappa shape index (κ2) is 5.02. The van der Waals surface area contributed by atoms with Crippen molar-refractivity contribution in [2.24, 2.45) is 0 Å². The third kappa shape index (κ3) is 2.28. The van der Waals surface area contributed by atoms with Gasteiger partial charge in [0, 0.05) is 5.39 Å². The van der Waals surface area contributed by atoms with E-state index in [1.54, 1.807) is 6.92 Å². The van der Waals surface area contributed by atoms with Crippen molar-refractivity contribution < 1.29 is 9.53 Å². The molecule has 88 valence electrons. The van der Waals surface area contributed by atoms with Crippen molar-refractivity contribution in [3.63, 3.8) is 0 Å². The standard InChI is InChI=1S/C12H9BrClNO2/c1-2-17-12(16)9-10(14)7-5-3-4-6-8(7)15-11(9)13/h3-6H,2H2,1H3. The molecule has 3 nitrogen and oxygen atoms in total. The SMILES string of the molecule is CCOC(=O)c1c(Br)nc2ccccc2c1Cl. The van der Waals surface area contributed by atoms with Crippen molar-refractivity contribution in [3.8, 4) is 0 Å². The Morgan fingerprint density at radius 1 is 1.47 bits per heavy atom. The molecule has 0 N–H and O–H groups in total. The van der Waals surface area contributed by atoms with Crippen molar-refractivity contribution in [2.75, 3.05) is 6.61 Å². The van der Waals surface area contributed by atoms with Crippen LogP contribution in [0.15, 0.2) is 28.9 Å². The zero-order valence-corrected chi connectivity index (χ0v) is 11.4. The van der Waals surface area contributed by atoms with Crippen LogP contribution in [-0.2, 0) is 4.74 Å². The van der Waals surface area contributed by atoms with Crippen LogP contribution in [0.5, 0.6) is 0 Å². The number of hydrogen-bond donors (Lipinski definition) is 0. The highest BCUT2D eigenvalue weighted by atomic mass is 79.9. The number of ether oxygens (including phenoxy) is 1. The molecule has 0 aliphatic carbocycles. The lowest BCUT2D eigenvalue weighted by Gasteiger charge is -2.08. The van der Waals surface area contributed by atoms with Gasteiger partial charge < -0.3 is 4.74 Å². The maximum Gasteiger partial charge on any atom is 0.342 e. The first-order valence-electron chi connectivity index (χ1n) is 5.06. The molecule has 0 aliphatic rings. The minimum Gasteiger partial charge on any atom is -0.462 e. The first-order chi connectivity index (χ1) is 8.15. The molecule has 0 bridgehead atoms. The van der Waals surface area contributed by atoms with Crippen molar-refractivity contribution in [3.05, 3.63) is 39.5 Å². The minimum absolute atomic E-state index is 0.271. The van der Waals surface area contributed by atoms with Crippen molar-refractivity contribution in [1.82, 2.24) is 4.98 Å². The molecule has 1 aromatic heterocycles. The van der Waals surface area contributed by atoms with Crippen LogP contribution in [0.3, 0.4) is 0 Å². The highest BCUT2D eigenvalue weighted by Crippen LogP contribution is 2.31. The molecule has 0 spiro atoms. The number of benzene rings is 1. The Morgan fingerprint density at radius 3 is 2.88 bits per heavy atom. The Hall–Kier alpha value is -1.13. The topological polar surface area (TPSA) is 39.2 Å². The number of nitrogens with zero attached hydrogens (tertiary/aromatic N) is 1. The molecule has 0 unspecified atom stereocenters. The van der Waals surface area contributed by atoms with Crippen LogP contribution < -0.4 is 0 Å². The van der Waals surface area contributed by atoms with Gasteiger partial charge in [-0.15, -0.1) is 0 Å². The summed E-state index contributed by atoms with van der Waals surface area (Å²) in [5, 5.41) is 1.10. The lowest BCUT2D eigenvalue weighted by atomic mass is 10.1. The molecule has 0 saturated carbocycles. The van der Waals surface area contributed by atoms with Crippen LogP contribution in [-0.4, -0.2) is 17.6 Å². The number of carbonyl (C=O) groups excluding carboxylic acids is 1. The number of esters is 1. The molecule has 0 atom stereocenters. The highest BCUT2D eigenvalue weighted by Gasteiger charge is 2.19. The van der Waals surface area contributed by atoms with E-state index in [0.717, 1.165) is 10.9 Å². The first kappa shape index (κ1) is 12.3. The van der Waals surface area contributed by atoms with Gasteiger partial charge in [-0.3, -0.25) is 0 Å². The zero-order chi connectivity index (χ0) is 12.4. The average Bonchev–Trinajstić information content (AvgIpc) is 2.29. The summed E-state index contributed by atoms with van der Waals surface area (Å²) in [6.07, 6.45) is 0. The maximum absolute atomic E-state index is 11.8. The van der Waals surface area contributed by atoms with E-state index in [2.05, 4.69) is 20.9 Å². The Balaban J connectivity index is 2.67. The Bertz CT molecular complexity index is 586. The van der Waals surface area contributed by atoms with Gasteiger partial charge in [0.05, 0.1) is 17.1 Å². The van der Waals surface area contributed by atoms with Crippen molar-refractivity contribution in [2.45, 2.75) is 6.92 Å². The van der Waals surface area contributed by atoms with E-state index in [-0.39, 0.29) is 5.56 Å². The van der Waals surface area contributed by atoms with Gasteiger partial charge in [0.1, 0.15) is 10.2 Å². The van der Waals surface area contributed by atoms with E-state index in [1.807, 2.05) is 24.3 Å². The molecule has 0 radical (unpaired) electrons. The summed E-state index contributed by atoms with van der Waals surface area (Å²) in [5.41, 5.74) is 1.00. The summed E-state index contributed by atoms with van der Waals surface area (Å²) in [5.74, 6) is -0.470. The summed E-state index contributed by atoms with van der Waals surface area (Å²) >= 11 is 9.45. The molecule has 1 aromatic carbocycles. The van der Waals surface area contributed by atoms with Gasteiger partial charge in [-0.25, -0.2) is 9.78 Å². The second-order valence-electron chi connectivity index (χ2n) is 3.33. The van der Waals surface area contributed by atoms with Crippen LogP contribution in [0.4, 0.5) is 0 Å². The molecule has 0 aliphatic heterocycles. The largest absolute Gasteiger partial charge is 0.462 e. The van der Waals surface area contributed by atoms with Crippen LogP contribution in [0.1, 0.15) is 17.3 Å². The Kier molecular flexibility index (Phi) is 3.64. The van der Waals surface area contributed by atoms with E-state index in [9.17, 15) is 4.79 Å². The fraction of sp³-hybridized carbons (Fsp3) is 0.167. The maximum atomic E-state index is 11.8. The number of halogens is 2.